The minimum absolute atomic E-state index is 0.152. The lowest BCUT2D eigenvalue weighted by Gasteiger charge is -2.24. The molecule has 2 aliphatic rings. The van der Waals surface area contributed by atoms with E-state index in [1.54, 1.807) is 17.0 Å². The van der Waals surface area contributed by atoms with Crippen LogP contribution in [0.2, 0.25) is 0 Å². The second-order valence-corrected chi connectivity index (χ2v) is 7.58. The molecular formula is C21H29FN2O2. The summed E-state index contributed by atoms with van der Waals surface area (Å²) in [6.07, 6.45) is 8.89. The monoisotopic (exact) mass is 360 g/mol. The van der Waals surface area contributed by atoms with Gasteiger partial charge in [-0.05, 0) is 37.0 Å². The summed E-state index contributed by atoms with van der Waals surface area (Å²) in [6, 6.07) is 5.82. The van der Waals surface area contributed by atoms with E-state index in [0.29, 0.717) is 44.1 Å². The summed E-state index contributed by atoms with van der Waals surface area (Å²) in [6.45, 7) is 2.41. The molecule has 0 aromatic heterocycles. The molecule has 5 heteroatoms. The Morgan fingerprint density at radius 1 is 0.962 bits per heavy atom. The van der Waals surface area contributed by atoms with Crippen LogP contribution in [0.3, 0.4) is 0 Å². The third kappa shape index (κ3) is 5.05. The number of carbonyl (C=O) groups excluding carboxylic acids is 2. The van der Waals surface area contributed by atoms with Gasteiger partial charge in [-0.2, -0.15) is 0 Å². The number of nitrogens with zero attached hydrogens (tertiary/aromatic N) is 2. The summed E-state index contributed by atoms with van der Waals surface area (Å²) in [7, 11) is 0. The fourth-order valence-corrected chi connectivity index (χ4v) is 4.14. The number of rotatable bonds is 4. The van der Waals surface area contributed by atoms with Gasteiger partial charge in [-0.1, -0.05) is 38.2 Å². The maximum absolute atomic E-state index is 13.4. The molecule has 1 aliphatic carbocycles. The summed E-state index contributed by atoms with van der Waals surface area (Å²) < 4.78 is 13.4. The van der Waals surface area contributed by atoms with Crippen molar-refractivity contribution in [2.45, 2.75) is 51.4 Å². The van der Waals surface area contributed by atoms with Gasteiger partial charge < -0.3 is 9.80 Å². The van der Waals surface area contributed by atoms with E-state index in [4.69, 9.17) is 0 Å². The summed E-state index contributed by atoms with van der Waals surface area (Å²) >= 11 is 0. The highest BCUT2D eigenvalue weighted by Gasteiger charge is 2.24. The van der Waals surface area contributed by atoms with Gasteiger partial charge in [0.15, 0.2) is 0 Å². The Hall–Kier alpha value is -1.91. The Labute approximate surface area is 155 Å². The van der Waals surface area contributed by atoms with Crippen molar-refractivity contribution in [2.24, 2.45) is 5.92 Å². The van der Waals surface area contributed by atoms with Crippen molar-refractivity contribution in [3.8, 4) is 0 Å². The van der Waals surface area contributed by atoms with Crippen LogP contribution >= 0.6 is 0 Å². The number of hydrogen-bond acceptors (Lipinski definition) is 2. The lowest BCUT2D eigenvalue weighted by molar-refractivity contribution is -0.131. The van der Waals surface area contributed by atoms with Crippen molar-refractivity contribution in [2.75, 3.05) is 26.2 Å². The SMILES string of the molecule is O=C(CCC1CCCCC1)N1CCCN(C(=O)c2cccc(F)c2)CC1. The first-order chi connectivity index (χ1) is 12.6. The lowest BCUT2D eigenvalue weighted by Crippen LogP contribution is -2.37. The topological polar surface area (TPSA) is 40.6 Å². The summed E-state index contributed by atoms with van der Waals surface area (Å²) in [5.74, 6) is 0.382. The van der Waals surface area contributed by atoms with Crippen LogP contribution in [0.4, 0.5) is 4.39 Å². The summed E-state index contributed by atoms with van der Waals surface area (Å²) in [5.41, 5.74) is 0.377. The van der Waals surface area contributed by atoms with Gasteiger partial charge in [-0.25, -0.2) is 4.39 Å². The van der Waals surface area contributed by atoms with Crippen LogP contribution in [-0.2, 0) is 4.79 Å². The highest BCUT2D eigenvalue weighted by molar-refractivity contribution is 5.94. The molecule has 1 aromatic rings. The zero-order valence-corrected chi connectivity index (χ0v) is 15.5. The van der Waals surface area contributed by atoms with Gasteiger partial charge >= 0.3 is 0 Å². The average Bonchev–Trinajstić information content (AvgIpc) is 2.92. The number of hydrogen-bond donors (Lipinski definition) is 0. The van der Waals surface area contributed by atoms with Crippen molar-refractivity contribution >= 4 is 11.8 Å². The number of carbonyl (C=O) groups is 2. The zero-order valence-electron chi connectivity index (χ0n) is 15.5. The zero-order chi connectivity index (χ0) is 18.4. The van der Waals surface area contributed by atoms with Crippen molar-refractivity contribution in [1.82, 2.24) is 9.80 Å². The molecule has 142 valence electrons. The number of halogens is 1. The second kappa shape index (κ2) is 9.15. The Bertz CT molecular complexity index is 628. The molecule has 2 fully saturated rings. The van der Waals surface area contributed by atoms with Gasteiger partial charge in [0.05, 0.1) is 0 Å². The Morgan fingerprint density at radius 3 is 2.46 bits per heavy atom. The van der Waals surface area contributed by atoms with E-state index in [0.717, 1.165) is 12.8 Å². The molecule has 1 saturated heterocycles. The molecule has 0 N–H and O–H groups in total. The first kappa shape index (κ1) is 18.9. The van der Waals surface area contributed by atoms with Crippen LogP contribution in [0.15, 0.2) is 24.3 Å². The largest absolute Gasteiger partial charge is 0.341 e. The molecule has 1 saturated carbocycles. The fourth-order valence-electron chi connectivity index (χ4n) is 4.14. The van der Waals surface area contributed by atoms with E-state index in [-0.39, 0.29) is 11.8 Å². The molecule has 3 rings (SSSR count). The molecule has 4 nitrogen and oxygen atoms in total. The Kier molecular flexibility index (Phi) is 6.64. The second-order valence-electron chi connectivity index (χ2n) is 7.58. The van der Waals surface area contributed by atoms with Gasteiger partial charge in [0, 0.05) is 38.2 Å². The van der Waals surface area contributed by atoms with Crippen molar-refractivity contribution < 1.29 is 14.0 Å². The molecule has 0 radical (unpaired) electrons. The van der Waals surface area contributed by atoms with E-state index in [1.165, 1.54) is 44.2 Å². The molecule has 1 aliphatic heterocycles. The normalized spacial score (nSPS) is 19.3. The van der Waals surface area contributed by atoms with Crippen LogP contribution in [-0.4, -0.2) is 47.8 Å². The molecule has 0 bridgehead atoms. The van der Waals surface area contributed by atoms with Crippen LogP contribution in [0, 0.1) is 11.7 Å². The van der Waals surface area contributed by atoms with Gasteiger partial charge in [-0.15, -0.1) is 0 Å². The third-order valence-electron chi connectivity index (χ3n) is 5.70. The molecule has 1 heterocycles. The molecular weight excluding hydrogens is 331 g/mol. The van der Waals surface area contributed by atoms with Crippen LogP contribution < -0.4 is 0 Å². The third-order valence-corrected chi connectivity index (χ3v) is 5.70. The average molecular weight is 360 g/mol. The molecule has 2 amide bonds. The maximum atomic E-state index is 13.4. The van der Waals surface area contributed by atoms with Gasteiger partial charge in [0.2, 0.25) is 5.91 Å². The molecule has 0 atom stereocenters. The highest BCUT2D eigenvalue weighted by Crippen LogP contribution is 2.27. The van der Waals surface area contributed by atoms with Crippen LogP contribution in [0.1, 0.15) is 61.7 Å². The van der Waals surface area contributed by atoms with E-state index >= 15 is 0 Å². The lowest BCUT2D eigenvalue weighted by atomic mass is 9.86. The minimum atomic E-state index is -0.398. The molecule has 0 unspecified atom stereocenters. The molecule has 0 spiro atoms. The summed E-state index contributed by atoms with van der Waals surface area (Å²) in [5, 5.41) is 0. The number of amides is 2. The van der Waals surface area contributed by atoms with Crippen LogP contribution in [0.25, 0.3) is 0 Å². The Morgan fingerprint density at radius 2 is 1.69 bits per heavy atom. The van der Waals surface area contributed by atoms with Crippen molar-refractivity contribution in [3.63, 3.8) is 0 Å². The number of benzene rings is 1. The molecule has 26 heavy (non-hydrogen) atoms. The molecule has 1 aromatic carbocycles. The maximum Gasteiger partial charge on any atom is 0.254 e. The first-order valence-electron chi connectivity index (χ1n) is 9.96. The smallest absolute Gasteiger partial charge is 0.254 e. The first-order valence-corrected chi connectivity index (χ1v) is 9.96. The highest BCUT2D eigenvalue weighted by atomic mass is 19.1. The van der Waals surface area contributed by atoms with E-state index in [2.05, 4.69) is 0 Å². The Balaban J connectivity index is 1.49. The van der Waals surface area contributed by atoms with Gasteiger partial charge in [0.1, 0.15) is 5.82 Å². The van der Waals surface area contributed by atoms with Gasteiger partial charge in [-0.3, -0.25) is 9.59 Å². The van der Waals surface area contributed by atoms with Gasteiger partial charge in [0.25, 0.3) is 5.91 Å². The predicted octanol–water partition coefficient (Wildman–Crippen LogP) is 3.86. The minimum Gasteiger partial charge on any atom is -0.341 e. The van der Waals surface area contributed by atoms with E-state index < -0.39 is 5.82 Å². The summed E-state index contributed by atoms with van der Waals surface area (Å²) in [4.78, 5) is 28.8. The van der Waals surface area contributed by atoms with Crippen LogP contribution in [0.5, 0.6) is 0 Å². The van der Waals surface area contributed by atoms with E-state index in [1.807, 2.05) is 4.90 Å². The standard InChI is InChI=1S/C21H29FN2O2/c22-19-9-4-8-18(16-19)21(26)24-13-5-12-23(14-15-24)20(25)11-10-17-6-2-1-3-7-17/h4,8-9,16-17H,1-3,5-7,10-15H2. The predicted molar refractivity (Wildman–Crippen MR) is 99.3 cm³/mol. The van der Waals surface area contributed by atoms with Crippen molar-refractivity contribution in [3.05, 3.63) is 35.6 Å². The fraction of sp³-hybridized carbons (Fsp3) is 0.619. The van der Waals surface area contributed by atoms with E-state index in [9.17, 15) is 14.0 Å². The van der Waals surface area contributed by atoms with Crippen molar-refractivity contribution in [1.29, 1.82) is 0 Å². The quantitative estimate of drug-likeness (QED) is 0.818.